The largest absolute Gasteiger partial charge is 0.383 e. The maximum absolute atomic E-state index is 6.03. The van der Waals surface area contributed by atoms with Gasteiger partial charge in [-0.15, -0.1) is 0 Å². The molecule has 0 aromatic carbocycles. The van der Waals surface area contributed by atoms with Crippen LogP contribution in [0.15, 0.2) is 0 Å². The van der Waals surface area contributed by atoms with Gasteiger partial charge < -0.3 is 15.4 Å². The van der Waals surface area contributed by atoms with Gasteiger partial charge in [0.05, 0.1) is 12.3 Å². The highest BCUT2D eigenvalue weighted by Crippen LogP contribution is 2.27. The molecule has 5 heteroatoms. The van der Waals surface area contributed by atoms with Crippen molar-refractivity contribution in [3.63, 3.8) is 0 Å². The van der Waals surface area contributed by atoms with Gasteiger partial charge in [0, 0.05) is 38.3 Å². The second-order valence-electron chi connectivity index (χ2n) is 5.85. The highest BCUT2D eigenvalue weighted by atomic mass is 16.5. The number of hydrogen-bond acceptors (Lipinski definition) is 4. The summed E-state index contributed by atoms with van der Waals surface area (Å²) in [5.41, 5.74) is 8.39. The van der Waals surface area contributed by atoms with Crippen LogP contribution < -0.4 is 10.6 Å². The number of methoxy groups -OCH3 is 1. The summed E-state index contributed by atoms with van der Waals surface area (Å²) in [4.78, 5) is 2.45. The van der Waals surface area contributed by atoms with Gasteiger partial charge in [0.1, 0.15) is 5.82 Å². The summed E-state index contributed by atoms with van der Waals surface area (Å²) in [5, 5.41) is 4.62. The molecule has 2 N–H and O–H groups in total. The standard InChI is InChI=1S/C16H32N4O/c1-7-14(8-2)20(9-10-21-6)16-15(11-12(3)17)13(4)18-19(16)5/h12,14H,7-11,17H2,1-6H3. The minimum atomic E-state index is 0.137. The molecule has 0 radical (unpaired) electrons. The number of rotatable bonds is 9. The molecule has 122 valence electrons. The number of hydrogen-bond donors (Lipinski definition) is 1. The summed E-state index contributed by atoms with van der Waals surface area (Å²) in [7, 11) is 3.78. The minimum absolute atomic E-state index is 0.137. The zero-order valence-corrected chi connectivity index (χ0v) is 14.5. The van der Waals surface area contributed by atoms with E-state index < -0.39 is 0 Å². The van der Waals surface area contributed by atoms with Crippen molar-refractivity contribution in [2.24, 2.45) is 12.8 Å². The Balaban J connectivity index is 3.21. The molecule has 0 spiro atoms. The molecule has 1 aromatic heterocycles. The SMILES string of the molecule is CCC(CC)N(CCOC)c1c(CC(C)N)c(C)nn1C. The Bertz CT molecular complexity index is 424. The van der Waals surface area contributed by atoms with Crippen molar-refractivity contribution < 1.29 is 4.74 Å². The first-order chi connectivity index (χ1) is 9.96. The number of nitrogens with zero attached hydrogens (tertiary/aromatic N) is 3. The van der Waals surface area contributed by atoms with E-state index in [4.69, 9.17) is 10.5 Å². The van der Waals surface area contributed by atoms with E-state index in [0.717, 1.165) is 38.1 Å². The van der Waals surface area contributed by atoms with Crippen molar-refractivity contribution in [2.75, 3.05) is 25.2 Å². The van der Waals surface area contributed by atoms with E-state index in [0.29, 0.717) is 6.04 Å². The topological polar surface area (TPSA) is 56.3 Å². The van der Waals surface area contributed by atoms with Crippen LogP contribution in [0.25, 0.3) is 0 Å². The number of ether oxygens (including phenoxy) is 1. The minimum Gasteiger partial charge on any atom is -0.383 e. The van der Waals surface area contributed by atoms with Gasteiger partial charge in [-0.3, -0.25) is 4.68 Å². The predicted octanol–water partition coefficient (Wildman–Crippen LogP) is 2.26. The summed E-state index contributed by atoms with van der Waals surface area (Å²) in [6.45, 7) is 10.2. The molecule has 1 rings (SSSR count). The van der Waals surface area contributed by atoms with E-state index in [1.165, 1.54) is 11.4 Å². The van der Waals surface area contributed by atoms with Crippen LogP contribution in [0, 0.1) is 6.92 Å². The average molecular weight is 296 g/mol. The van der Waals surface area contributed by atoms with Crippen LogP contribution in [0.2, 0.25) is 0 Å². The summed E-state index contributed by atoms with van der Waals surface area (Å²) >= 11 is 0. The van der Waals surface area contributed by atoms with Crippen LogP contribution in [0.1, 0.15) is 44.9 Å². The fourth-order valence-electron chi connectivity index (χ4n) is 2.99. The summed E-state index contributed by atoms with van der Waals surface area (Å²) in [5.74, 6) is 1.20. The third-order valence-corrected chi connectivity index (χ3v) is 4.03. The summed E-state index contributed by atoms with van der Waals surface area (Å²) in [6, 6.07) is 0.638. The van der Waals surface area contributed by atoms with E-state index in [-0.39, 0.29) is 6.04 Å². The number of aryl methyl sites for hydroxylation is 2. The Morgan fingerprint density at radius 2 is 1.95 bits per heavy atom. The first-order valence-corrected chi connectivity index (χ1v) is 7.99. The molecular formula is C16H32N4O. The summed E-state index contributed by atoms with van der Waals surface area (Å²) in [6.07, 6.45) is 3.09. The smallest absolute Gasteiger partial charge is 0.130 e. The predicted molar refractivity (Wildman–Crippen MR) is 88.9 cm³/mol. The van der Waals surface area contributed by atoms with Crippen molar-refractivity contribution in [1.29, 1.82) is 0 Å². The first kappa shape index (κ1) is 18.0. The van der Waals surface area contributed by atoms with Crippen molar-refractivity contribution in [2.45, 2.75) is 59.0 Å². The van der Waals surface area contributed by atoms with Gasteiger partial charge in [0.2, 0.25) is 0 Å². The zero-order valence-electron chi connectivity index (χ0n) is 14.5. The molecule has 1 heterocycles. The molecule has 0 saturated carbocycles. The van der Waals surface area contributed by atoms with E-state index in [1.807, 2.05) is 18.7 Å². The van der Waals surface area contributed by atoms with Gasteiger partial charge in [-0.1, -0.05) is 13.8 Å². The molecule has 0 fully saturated rings. The molecule has 1 unspecified atom stereocenters. The van der Waals surface area contributed by atoms with E-state index in [1.54, 1.807) is 7.11 Å². The van der Waals surface area contributed by atoms with Crippen molar-refractivity contribution >= 4 is 5.82 Å². The first-order valence-electron chi connectivity index (χ1n) is 7.99. The Labute approximate surface area is 129 Å². The van der Waals surface area contributed by atoms with Crippen molar-refractivity contribution in [3.05, 3.63) is 11.3 Å². The molecule has 1 atom stereocenters. The molecule has 0 bridgehead atoms. The Morgan fingerprint density at radius 1 is 1.33 bits per heavy atom. The fraction of sp³-hybridized carbons (Fsp3) is 0.812. The normalized spacial score (nSPS) is 13.0. The Morgan fingerprint density at radius 3 is 2.43 bits per heavy atom. The van der Waals surface area contributed by atoms with Crippen LogP contribution in [0.4, 0.5) is 5.82 Å². The summed E-state index contributed by atoms with van der Waals surface area (Å²) < 4.78 is 7.31. The van der Waals surface area contributed by atoms with Gasteiger partial charge in [-0.25, -0.2) is 0 Å². The third-order valence-electron chi connectivity index (χ3n) is 4.03. The van der Waals surface area contributed by atoms with Crippen molar-refractivity contribution in [1.82, 2.24) is 9.78 Å². The molecule has 0 amide bonds. The lowest BCUT2D eigenvalue weighted by atomic mass is 10.0. The van der Waals surface area contributed by atoms with Crippen LogP contribution in [0.3, 0.4) is 0 Å². The van der Waals surface area contributed by atoms with Gasteiger partial charge in [0.25, 0.3) is 0 Å². The maximum atomic E-state index is 6.03. The monoisotopic (exact) mass is 296 g/mol. The molecule has 0 aliphatic heterocycles. The van der Waals surface area contributed by atoms with Gasteiger partial charge >= 0.3 is 0 Å². The number of nitrogens with two attached hydrogens (primary N) is 1. The number of anilines is 1. The lowest BCUT2D eigenvalue weighted by molar-refractivity contribution is 0.202. The average Bonchev–Trinajstić information content (AvgIpc) is 2.69. The Kier molecular flexibility index (Phi) is 7.18. The maximum Gasteiger partial charge on any atom is 0.130 e. The van der Waals surface area contributed by atoms with Gasteiger partial charge in [-0.2, -0.15) is 5.10 Å². The molecule has 21 heavy (non-hydrogen) atoms. The van der Waals surface area contributed by atoms with Crippen LogP contribution in [-0.2, 0) is 18.2 Å². The van der Waals surface area contributed by atoms with Crippen LogP contribution in [0.5, 0.6) is 0 Å². The van der Waals surface area contributed by atoms with Crippen LogP contribution >= 0.6 is 0 Å². The molecule has 5 nitrogen and oxygen atoms in total. The van der Waals surface area contributed by atoms with Gasteiger partial charge in [-0.05, 0) is 33.1 Å². The second-order valence-corrected chi connectivity index (χ2v) is 5.85. The fourth-order valence-corrected chi connectivity index (χ4v) is 2.99. The third kappa shape index (κ3) is 4.45. The molecule has 1 aromatic rings. The van der Waals surface area contributed by atoms with Gasteiger partial charge in [0.15, 0.2) is 0 Å². The highest BCUT2D eigenvalue weighted by molar-refractivity contribution is 5.51. The molecule has 0 saturated heterocycles. The van der Waals surface area contributed by atoms with E-state index in [2.05, 4.69) is 30.8 Å². The zero-order chi connectivity index (χ0) is 16.0. The lowest BCUT2D eigenvalue weighted by Gasteiger charge is -2.33. The lowest BCUT2D eigenvalue weighted by Crippen LogP contribution is -2.39. The highest BCUT2D eigenvalue weighted by Gasteiger charge is 2.24. The van der Waals surface area contributed by atoms with Crippen molar-refractivity contribution in [3.8, 4) is 0 Å². The Hall–Kier alpha value is -1.07. The van der Waals surface area contributed by atoms with E-state index in [9.17, 15) is 0 Å². The quantitative estimate of drug-likeness (QED) is 0.759. The van der Waals surface area contributed by atoms with Crippen LogP contribution in [-0.4, -0.2) is 42.1 Å². The molecule has 0 aliphatic rings. The van der Waals surface area contributed by atoms with E-state index >= 15 is 0 Å². The second kappa shape index (κ2) is 8.39. The number of aromatic nitrogens is 2. The molecule has 0 aliphatic carbocycles. The molecular weight excluding hydrogens is 264 g/mol.